The predicted molar refractivity (Wildman–Crippen MR) is 76.3 cm³/mol. The van der Waals surface area contributed by atoms with Crippen molar-refractivity contribution < 1.29 is 9.13 Å². The van der Waals surface area contributed by atoms with E-state index in [0.29, 0.717) is 16.3 Å². The maximum atomic E-state index is 13.3. The molecule has 0 bridgehead atoms. The van der Waals surface area contributed by atoms with Gasteiger partial charge in [0.15, 0.2) is 0 Å². The van der Waals surface area contributed by atoms with Crippen LogP contribution in [0.15, 0.2) is 18.2 Å². The minimum atomic E-state index is -0.334. The molecule has 0 amide bonds. The Morgan fingerprint density at radius 2 is 2.20 bits per heavy atom. The molecule has 0 spiro atoms. The second kappa shape index (κ2) is 5.81. The first kappa shape index (κ1) is 14.8. The van der Waals surface area contributed by atoms with E-state index in [2.05, 4.69) is 5.10 Å². The third kappa shape index (κ3) is 2.94. The number of aromatic nitrogens is 2. The van der Waals surface area contributed by atoms with E-state index in [4.69, 9.17) is 22.1 Å². The largest absolute Gasteiger partial charge is 0.487 e. The van der Waals surface area contributed by atoms with Gasteiger partial charge in [-0.3, -0.25) is 4.68 Å². The Labute approximate surface area is 122 Å². The maximum Gasteiger partial charge on any atom is 0.131 e. The van der Waals surface area contributed by atoms with Crippen molar-refractivity contribution in [3.8, 4) is 5.75 Å². The highest BCUT2D eigenvalue weighted by atomic mass is 35.5. The quantitative estimate of drug-likeness (QED) is 0.943. The molecule has 0 fully saturated rings. The summed E-state index contributed by atoms with van der Waals surface area (Å²) in [6, 6.07) is 3.99. The summed E-state index contributed by atoms with van der Waals surface area (Å²) in [6.07, 6.45) is 0. The standard InChI is InChI=1S/C14H17ClFN3O/c1-8(17)11-6-10(16)4-5-13(11)20-7-12-14(15)9(2)18-19(12)3/h4-6,8H,7,17H2,1-3H3. The van der Waals surface area contributed by atoms with Crippen LogP contribution in [0.3, 0.4) is 0 Å². The fourth-order valence-electron chi connectivity index (χ4n) is 1.99. The van der Waals surface area contributed by atoms with E-state index in [1.54, 1.807) is 24.7 Å². The third-order valence-corrected chi connectivity index (χ3v) is 3.58. The minimum absolute atomic E-state index is 0.252. The lowest BCUT2D eigenvalue weighted by Crippen LogP contribution is -2.10. The van der Waals surface area contributed by atoms with Gasteiger partial charge in [-0.2, -0.15) is 5.10 Å². The summed E-state index contributed by atoms with van der Waals surface area (Å²) in [7, 11) is 1.80. The van der Waals surface area contributed by atoms with Crippen molar-refractivity contribution in [2.24, 2.45) is 12.8 Å². The van der Waals surface area contributed by atoms with Gasteiger partial charge < -0.3 is 10.5 Å². The second-order valence-electron chi connectivity index (χ2n) is 4.73. The van der Waals surface area contributed by atoms with Crippen LogP contribution in [-0.4, -0.2) is 9.78 Å². The number of hydrogen-bond donors (Lipinski definition) is 1. The van der Waals surface area contributed by atoms with Gasteiger partial charge in [-0.05, 0) is 32.0 Å². The smallest absolute Gasteiger partial charge is 0.131 e. The zero-order valence-electron chi connectivity index (χ0n) is 11.7. The zero-order chi connectivity index (χ0) is 14.9. The highest BCUT2D eigenvalue weighted by Gasteiger charge is 2.14. The molecular weight excluding hydrogens is 281 g/mol. The van der Waals surface area contributed by atoms with E-state index in [-0.39, 0.29) is 18.5 Å². The second-order valence-corrected chi connectivity index (χ2v) is 5.11. The number of hydrogen-bond acceptors (Lipinski definition) is 3. The average molecular weight is 298 g/mol. The summed E-state index contributed by atoms with van der Waals surface area (Å²) in [5.74, 6) is 0.218. The van der Waals surface area contributed by atoms with Crippen LogP contribution in [0.2, 0.25) is 5.02 Å². The summed E-state index contributed by atoms with van der Waals surface area (Å²) < 4.78 is 20.7. The summed E-state index contributed by atoms with van der Waals surface area (Å²) in [4.78, 5) is 0. The summed E-state index contributed by atoms with van der Waals surface area (Å²) >= 11 is 6.16. The molecule has 2 aromatic rings. The van der Waals surface area contributed by atoms with E-state index >= 15 is 0 Å². The number of nitrogens with zero attached hydrogens (tertiary/aromatic N) is 2. The zero-order valence-corrected chi connectivity index (χ0v) is 12.4. The molecule has 1 atom stereocenters. The SMILES string of the molecule is Cc1nn(C)c(COc2ccc(F)cc2C(C)N)c1Cl. The van der Waals surface area contributed by atoms with Gasteiger partial charge in [0, 0.05) is 18.7 Å². The fourth-order valence-corrected chi connectivity index (χ4v) is 2.20. The molecular formula is C14H17ClFN3O. The lowest BCUT2D eigenvalue weighted by molar-refractivity contribution is 0.290. The van der Waals surface area contributed by atoms with E-state index in [1.165, 1.54) is 12.1 Å². The van der Waals surface area contributed by atoms with Crippen molar-refractivity contribution in [1.82, 2.24) is 9.78 Å². The number of ether oxygens (including phenoxy) is 1. The molecule has 0 saturated heterocycles. The predicted octanol–water partition coefficient (Wildman–Crippen LogP) is 3.12. The van der Waals surface area contributed by atoms with Gasteiger partial charge >= 0.3 is 0 Å². The molecule has 0 radical (unpaired) electrons. The normalized spacial score (nSPS) is 12.5. The Morgan fingerprint density at radius 1 is 1.50 bits per heavy atom. The van der Waals surface area contributed by atoms with Gasteiger partial charge in [0.1, 0.15) is 18.2 Å². The molecule has 108 valence electrons. The molecule has 1 aromatic heterocycles. The van der Waals surface area contributed by atoms with Crippen LogP contribution in [-0.2, 0) is 13.7 Å². The van der Waals surface area contributed by atoms with Crippen molar-refractivity contribution in [2.45, 2.75) is 26.5 Å². The molecule has 20 heavy (non-hydrogen) atoms. The van der Waals surface area contributed by atoms with Crippen LogP contribution >= 0.6 is 11.6 Å². The van der Waals surface area contributed by atoms with Crippen molar-refractivity contribution in [3.63, 3.8) is 0 Å². The Bertz CT molecular complexity index is 625. The van der Waals surface area contributed by atoms with Crippen LogP contribution in [0, 0.1) is 12.7 Å². The monoisotopic (exact) mass is 297 g/mol. The lowest BCUT2D eigenvalue weighted by Gasteiger charge is -2.14. The van der Waals surface area contributed by atoms with Crippen LogP contribution in [0.4, 0.5) is 4.39 Å². The molecule has 6 heteroatoms. The van der Waals surface area contributed by atoms with Crippen molar-refractivity contribution in [3.05, 3.63) is 46.0 Å². The topological polar surface area (TPSA) is 53.1 Å². The van der Waals surface area contributed by atoms with Gasteiger partial charge in [-0.25, -0.2) is 4.39 Å². The van der Waals surface area contributed by atoms with E-state index in [9.17, 15) is 4.39 Å². The number of benzene rings is 1. The molecule has 2 N–H and O–H groups in total. The van der Waals surface area contributed by atoms with Crippen molar-refractivity contribution in [2.75, 3.05) is 0 Å². The Hall–Kier alpha value is -1.59. The highest BCUT2D eigenvalue weighted by Crippen LogP contribution is 2.27. The number of rotatable bonds is 4. The van der Waals surface area contributed by atoms with Gasteiger partial charge in [0.05, 0.1) is 16.4 Å². The maximum absolute atomic E-state index is 13.3. The van der Waals surface area contributed by atoms with Crippen LogP contribution in [0.1, 0.15) is 29.9 Å². The third-order valence-electron chi connectivity index (χ3n) is 3.09. The van der Waals surface area contributed by atoms with E-state index in [1.807, 2.05) is 6.92 Å². The van der Waals surface area contributed by atoms with Crippen molar-refractivity contribution >= 4 is 11.6 Å². The molecule has 0 aliphatic heterocycles. The highest BCUT2D eigenvalue weighted by molar-refractivity contribution is 6.31. The Morgan fingerprint density at radius 3 is 2.75 bits per heavy atom. The van der Waals surface area contributed by atoms with Crippen LogP contribution < -0.4 is 10.5 Å². The first-order valence-electron chi connectivity index (χ1n) is 6.26. The molecule has 1 heterocycles. The summed E-state index contributed by atoms with van der Waals surface area (Å²) in [5.41, 5.74) is 7.97. The average Bonchev–Trinajstić information content (AvgIpc) is 2.62. The molecule has 1 unspecified atom stereocenters. The van der Waals surface area contributed by atoms with Crippen molar-refractivity contribution in [1.29, 1.82) is 0 Å². The summed E-state index contributed by atoms with van der Waals surface area (Å²) in [5, 5.41) is 4.80. The van der Waals surface area contributed by atoms with E-state index in [0.717, 1.165) is 11.4 Å². The number of nitrogens with two attached hydrogens (primary N) is 1. The number of aryl methyl sites for hydroxylation is 2. The summed E-state index contributed by atoms with van der Waals surface area (Å²) in [6.45, 7) is 3.86. The van der Waals surface area contributed by atoms with E-state index < -0.39 is 0 Å². The molecule has 2 rings (SSSR count). The number of halogens is 2. The first-order valence-corrected chi connectivity index (χ1v) is 6.63. The molecule has 0 aliphatic carbocycles. The van der Waals surface area contributed by atoms with Crippen LogP contribution in [0.5, 0.6) is 5.75 Å². The van der Waals surface area contributed by atoms with Gasteiger partial charge in [0.2, 0.25) is 0 Å². The first-order chi connectivity index (χ1) is 9.40. The van der Waals surface area contributed by atoms with Gasteiger partial charge in [-0.1, -0.05) is 11.6 Å². The lowest BCUT2D eigenvalue weighted by atomic mass is 10.1. The molecule has 1 aromatic carbocycles. The molecule has 0 aliphatic rings. The van der Waals surface area contributed by atoms with Gasteiger partial charge in [0.25, 0.3) is 0 Å². The molecule has 4 nitrogen and oxygen atoms in total. The fraction of sp³-hybridized carbons (Fsp3) is 0.357. The Balaban J connectivity index is 2.23. The van der Waals surface area contributed by atoms with Gasteiger partial charge in [-0.15, -0.1) is 0 Å². The Kier molecular flexibility index (Phi) is 4.30. The molecule has 0 saturated carbocycles. The van der Waals surface area contributed by atoms with Crippen LogP contribution in [0.25, 0.3) is 0 Å². The minimum Gasteiger partial charge on any atom is -0.487 e.